The number of hydrogen-bond acceptors (Lipinski definition) is 3. The van der Waals surface area contributed by atoms with Gasteiger partial charge in [-0.05, 0) is 38.2 Å². The van der Waals surface area contributed by atoms with E-state index in [0.29, 0.717) is 17.8 Å². The van der Waals surface area contributed by atoms with Crippen LogP contribution >= 0.6 is 11.6 Å². The van der Waals surface area contributed by atoms with Gasteiger partial charge in [0.2, 0.25) is 0 Å². The summed E-state index contributed by atoms with van der Waals surface area (Å²) in [6, 6.07) is 6.48. The number of aryl methyl sites for hydroxylation is 1. The van der Waals surface area contributed by atoms with Crippen molar-refractivity contribution >= 4 is 22.7 Å². The number of rotatable bonds is 4. The molecule has 0 aliphatic rings. The van der Waals surface area contributed by atoms with E-state index in [9.17, 15) is 0 Å². The zero-order chi connectivity index (χ0) is 12.4. The number of oxazole rings is 1. The molecule has 0 N–H and O–H groups in total. The third kappa shape index (κ3) is 2.61. The van der Waals surface area contributed by atoms with Crippen LogP contribution in [0.3, 0.4) is 0 Å². The largest absolute Gasteiger partial charge is 0.441 e. The molecule has 1 atom stereocenters. The van der Waals surface area contributed by atoms with E-state index in [4.69, 9.17) is 16.0 Å². The predicted octanol–water partition coefficient (Wildman–Crippen LogP) is 3.37. The summed E-state index contributed by atoms with van der Waals surface area (Å²) in [6.07, 6.45) is 0.927. The lowest BCUT2D eigenvalue weighted by atomic mass is 10.0. The molecule has 17 heavy (non-hydrogen) atoms. The van der Waals surface area contributed by atoms with Gasteiger partial charge in [-0.3, -0.25) is 0 Å². The van der Waals surface area contributed by atoms with Gasteiger partial charge in [-0.15, -0.1) is 11.6 Å². The standard InChI is InChI=1S/C13H17ClN2O/c1-9-15-11-8-10(4-5-13(11)17-9)12(6-7-14)16(2)3/h4-5,8,12H,6-7H2,1-3H3. The molecule has 92 valence electrons. The monoisotopic (exact) mass is 252 g/mol. The first-order chi connectivity index (χ1) is 8.11. The van der Waals surface area contributed by atoms with Crippen molar-refractivity contribution in [1.29, 1.82) is 0 Å². The van der Waals surface area contributed by atoms with E-state index in [1.165, 1.54) is 5.56 Å². The van der Waals surface area contributed by atoms with Gasteiger partial charge >= 0.3 is 0 Å². The summed E-state index contributed by atoms with van der Waals surface area (Å²) in [6.45, 7) is 1.86. The molecule has 0 bridgehead atoms. The van der Waals surface area contributed by atoms with Crippen LogP contribution in [0.1, 0.15) is 23.9 Å². The fourth-order valence-electron chi connectivity index (χ4n) is 2.09. The minimum atomic E-state index is 0.328. The summed E-state index contributed by atoms with van der Waals surface area (Å²) in [5.41, 5.74) is 2.99. The molecular weight excluding hydrogens is 236 g/mol. The lowest BCUT2D eigenvalue weighted by molar-refractivity contribution is 0.293. The minimum absolute atomic E-state index is 0.328. The summed E-state index contributed by atoms with van der Waals surface area (Å²) >= 11 is 5.85. The van der Waals surface area contributed by atoms with Crippen molar-refractivity contribution < 1.29 is 4.42 Å². The molecule has 1 unspecified atom stereocenters. The van der Waals surface area contributed by atoms with E-state index in [1.54, 1.807) is 0 Å². The topological polar surface area (TPSA) is 29.3 Å². The molecule has 0 aliphatic carbocycles. The Kier molecular flexibility index (Phi) is 3.69. The van der Waals surface area contributed by atoms with Crippen molar-refractivity contribution in [2.24, 2.45) is 0 Å². The Balaban J connectivity index is 2.39. The van der Waals surface area contributed by atoms with E-state index < -0.39 is 0 Å². The number of fused-ring (bicyclic) bond motifs is 1. The van der Waals surface area contributed by atoms with Crippen molar-refractivity contribution in [3.63, 3.8) is 0 Å². The minimum Gasteiger partial charge on any atom is -0.441 e. The number of halogens is 1. The molecule has 1 aromatic heterocycles. The summed E-state index contributed by atoms with van der Waals surface area (Å²) in [5.74, 6) is 1.36. The van der Waals surface area contributed by atoms with Crippen molar-refractivity contribution in [2.45, 2.75) is 19.4 Å². The molecule has 2 aromatic rings. The molecule has 0 amide bonds. The maximum Gasteiger partial charge on any atom is 0.192 e. The molecule has 0 spiro atoms. The highest BCUT2D eigenvalue weighted by Gasteiger charge is 2.14. The predicted molar refractivity (Wildman–Crippen MR) is 70.5 cm³/mol. The maximum atomic E-state index is 5.85. The second-order valence-electron chi connectivity index (χ2n) is 4.42. The fourth-order valence-corrected chi connectivity index (χ4v) is 2.30. The van der Waals surface area contributed by atoms with Crippen LogP contribution in [-0.4, -0.2) is 29.9 Å². The van der Waals surface area contributed by atoms with E-state index in [-0.39, 0.29) is 0 Å². The van der Waals surface area contributed by atoms with Gasteiger partial charge in [0.1, 0.15) is 5.52 Å². The molecular formula is C13H17ClN2O. The second kappa shape index (κ2) is 5.07. The summed E-state index contributed by atoms with van der Waals surface area (Å²) in [4.78, 5) is 6.53. The fraction of sp³-hybridized carbons (Fsp3) is 0.462. The average Bonchev–Trinajstić information content (AvgIpc) is 2.64. The lowest BCUT2D eigenvalue weighted by Crippen LogP contribution is -2.20. The van der Waals surface area contributed by atoms with Crippen molar-refractivity contribution in [3.8, 4) is 0 Å². The van der Waals surface area contributed by atoms with Crippen molar-refractivity contribution in [2.75, 3.05) is 20.0 Å². The smallest absolute Gasteiger partial charge is 0.192 e. The Hall–Kier alpha value is -1.06. The Bertz CT molecular complexity index is 507. The number of hydrogen-bond donors (Lipinski definition) is 0. The lowest BCUT2D eigenvalue weighted by Gasteiger charge is -2.23. The van der Waals surface area contributed by atoms with Crippen LogP contribution in [0, 0.1) is 6.92 Å². The first kappa shape index (κ1) is 12.4. The van der Waals surface area contributed by atoms with Crippen LogP contribution in [-0.2, 0) is 0 Å². The first-order valence-electron chi connectivity index (χ1n) is 5.71. The Labute approximate surface area is 106 Å². The molecule has 0 fully saturated rings. The Morgan fingerprint density at radius 1 is 1.41 bits per heavy atom. The van der Waals surface area contributed by atoms with Gasteiger partial charge in [-0.25, -0.2) is 4.98 Å². The molecule has 3 nitrogen and oxygen atoms in total. The number of alkyl halides is 1. The Morgan fingerprint density at radius 3 is 2.82 bits per heavy atom. The highest BCUT2D eigenvalue weighted by molar-refractivity contribution is 6.17. The third-order valence-electron chi connectivity index (χ3n) is 2.91. The van der Waals surface area contributed by atoms with Gasteiger partial charge < -0.3 is 9.32 Å². The second-order valence-corrected chi connectivity index (χ2v) is 4.80. The highest BCUT2D eigenvalue weighted by atomic mass is 35.5. The maximum absolute atomic E-state index is 5.85. The first-order valence-corrected chi connectivity index (χ1v) is 6.24. The van der Waals surface area contributed by atoms with Crippen LogP contribution in [0.25, 0.3) is 11.1 Å². The molecule has 1 heterocycles. The number of aromatic nitrogens is 1. The van der Waals surface area contributed by atoms with E-state index in [1.807, 2.05) is 13.0 Å². The Morgan fingerprint density at radius 2 is 2.18 bits per heavy atom. The molecule has 0 aliphatic heterocycles. The van der Waals surface area contributed by atoms with E-state index in [2.05, 4.69) is 36.1 Å². The molecule has 1 aromatic carbocycles. The molecule has 0 saturated carbocycles. The van der Waals surface area contributed by atoms with Crippen LogP contribution in [0.5, 0.6) is 0 Å². The quantitative estimate of drug-likeness (QED) is 0.782. The van der Waals surface area contributed by atoms with Gasteiger partial charge in [0, 0.05) is 18.8 Å². The number of benzene rings is 1. The zero-order valence-corrected chi connectivity index (χ0v) is 11.2. The number of nitrogens with zero attached hydrogens (tertiary/aromatic N) is 2. The van der Waals surface area contributed by atoms with Gasteiger partial charge in [0.15, 0.2) is 11.5 Å². The van der Waals surface area contributed by atoms with E-state index in [0.717, 1.165) is 17.5 Å². The average molecular weight is 253 g/mol. The van der Waals surface area contributed by atoms with Crippen LogP contribution in [0.4, 0.5) is 0 Å². The summed E-state index contributed by atoms with van der Waals surface area (Å²) in [7, 11) is 4.13. The molecule has 0 saturated heterocycles. The van der Waals surface area contributed by atoms with Gasteiger partial charge in [0.05, 0.1) is 0 Å². The van der Waals surface area contributed by atoms with Gasteiger partial charge in [-0.1, -0.05) is 6.07 Å². The van der Waals surface area contributed by atoms with Crippen LogP contribution < -0.4 is 0 Å². The SMILES string of the molecule is Cc1nc2cc(C(CCCl)N(C)C)ccc2o1. The van der Waals surface area contributed by atoms with Gasteiger partial charge in [0.25, 0.3) is 0 Å². The zero-order valence-electron chi connectivity index (χ0n) is 10.4. The molecule has 0 radical (unpaired) electrons. The normalized spacial score (nSPS) is 13.5. The van der Waals surface area contributed by atoms with Gasteiger partial charge in [-0.2, -0.15) is 0 Å². The molecule has 2 rings (SSSR count). The summed E-state index contributed by atoms with van der Waals surface area (Å²) in [5, 5.41) is 0. The van der Waals surface area contributed by atoms with Crippen LogP contribution in [0.2, 0.25) is 0 Å². The van der Waals surface area contributed by atoms with Crippen LogP contribution in [0.15, 0.2) is 22.6 Å². The van der Waals surface area contributed by atoms with E-state index >= 15 is 0 Å². The highest BCUT2D eigenvalue weighted by Crippen LogP contribution is 2.26. The van der Waals surface area contributed by atoms with Crippen molar-refractivity contribution in [3.05, 3.63) is 29.7 Å². The van der Waals surface area contributed by atoms with Crippen molar-refractivity contribution in [1.82, 2.24) is 9.88 Å². The molecule has 4 heteroatoms. The summed E-state index contributed by atoms with van der Waals surface area (Å²) < 4.78 is 5.47. The third-order valence-corrected chi connectivity index (χ3v) is 3.13.